The molecule has 7 nitrogen and oxygen atoms in total. The van der Waals surface area contributed by atoms with E-state index in [1.165, 1.54) is 0 Å². The lowest BCUT2D eigenvalue weighted by molar-refractivity contribution is 0.0941. The molecule has 1 unspecified atom stereocenters. The molecule has 0 saturated carbocycles. The number of aromatic amines is 2. The van der Waals surface area contributed by atoms with Gasteiger partial charge >= 0.3 is 5.76 Å². The highest BCUT2D eigenvalue weighted by molar-refractivity contribution is 9.10. The number of nitrogens with zero attached hydrogens (tertiary/aromatic N) is 1. The Balaban J connectivity index is 1.62. The van der Waals surface area contributed by atoms with E-state index in [1.807, 2.05) is 19.1 Å². The van der Waals surface area contributed by atoms with Crippen LogP contribution in [0.3, 0.4) is 0 Å². The van der Waals surface area contributed by atoms with Gasteiger partial charge < -0.3 is 14.7 Å². The lowest BCUT2D eigenvalue weighted by Gasteiger charge is -2.14. The number of hydrogen-bond acceptors (Lipinski definition) is 4. The number of rotatable bonds is 3. The van der Waals surface area contributed by atoms with E-state index in [4.69, 9.17) is 4.42 Å². The Morgan fingerprint density at radius 1 is 1.36 bits per heavy atom. The molecule has 0 fully saturated rings. The third-order valence-electron chi connectivity index (χ3n) is 4.04. The molecule has 0 aliphatic rings. The molecule has 25 heavy (non-hydrogen) atoms. The summed E-state index contributed by atoms with van der Waals surface area (Å²) in [5.41, 5.74) is 3.09. The van der Waals surface area contributed by atoms with Crippen LogP contribution in [0.5, 0.6) is 0 Å². The van der Waals surface area contributed by atoms with Crippen molar-refractivity contribution in [2.45, 2.75) is 13.0 Å². The van der Waals surface area contributed by atoms with E-state index in [9.17, 15) is 9.59 Å². The summed E-state index contributed by atoms with van der Waals surface area (Å²) in [6.07, 6.45) is 3.31. The standard InChI is InChI=1S/C17H13BrN4O3/c1-8(9-2-3-13-14(4-9)25-17(24)22-13)21-16(23)12-7-20-15-11(12)5-10(18)6-19-15/h2-8H,1H3,(H,19,20)(H,21,23)(H,22,24). The van der Waals surface area contributed by atoms with E-state index in [2.05, 4.69) is 36.2 Å². The molecule has 8 heteroatoms. The first-order chi connectivity index (χ1) is 12.0. The Hall–Kier alpha value is -2.87. The van der Waals surface area contributed by atoms with Crippen molar-refractivity contribution >= 4 is 44.0 Å². The van der Waals surface area contributed by atoms with Gasteiger partial charge in [-0.25, -0.2) is 9.78 Å². The van der Waals surface area contributed by atoms with Gasteiger partial charge in [0.05, 0.1) is 17.1 Å². The molecular formula is C17H13BrN4O3. The smallest absolute Gasteiger partial charge is 0.408 e. The lowest BCUT2D eigenvalue weighted by atomic mass is 10.1. The van der Waals surface area contributed by atoms with E-state index >= 15 is 0 Å². The number of carbonyl (C=O) groups excluding carboxylic acids is 1. The van der Waals surface area contributed by atoms with Gasteiger partial charge in [0, 0.05) is 22.3 Å². The van der Waals surface area contributed by atoms with Crippen LogP contribution in [0.2, 0.25) is 0 Å². The van der Waals surface area contributed by atoms with E-state index in [0.717, 1.165) is 15.4 Å². The molecule has 0 saturated heterocycles. The molecule has 126 valence electrons. The maximum Gasteiger partial charge on any atom is 0.417 e. The number of benzene rings is 1. The fourth-order valence-electron chi connectivity index (χ4n) is 2.75. The van der Waals surface area contributed by atoms with Crippen LogP contribution in [0, 0.1) is 0 Å². The lowest BCUT2D eigenvalue weighted by Crippen LogP contribution is -2.26. The average Bonchev–Trinajstić information content (AvgIpc) is 3.15. The maximum atomic E-state index is 12.6. The SMILES string of the molecule is CC(NC(=O)c1c[nH]c2ncc(Br)cc12)c1ccc2[nH]c(=O)oc2c1. The molecular weight excluding hydrogens is 388 g/mol. The second-order valence-corrected chi connectivity index (χ2v) is 6.63. The molecule has 1 aromatic carbocycles. The quantitative estimate of drug-likeness (QED) is 0.490. The van der Waals surface area contributed by atoms with Crippen molar-refractivity contribution in [1.82, 2.24) is 20.3 Å². The highest BCUT2D eigenvalue weighted by Gasteiger charge is 2.17. The van der Waals surface area contributed by atoms with Crippen molar-refractivity contribution in [3.05, 3.63) is 62.8 Å². The fourth-order valence-corrected chi connectivity index (χ4v) is 3.09. The van der Waals surface area contributed by atoms with Gasteiger partial charge in [0.1, 0.15) is 5.65 Å². The van der Waals surface area contributed by atoms with Gasteiger partial charge in [0.25, 0.3) is 5.91 Å². The first-order valence-electron chi connectivity index (χ1n) is 7.57. The fraction of sp³-hybridized carbons (Fsp3) is 0.118. The first-order valence-corrected chi connectivity index (χ1v) is 8.37. The predicted octanol–water partition coefficient (Wildman–Crippen LogP) is 3.25. The first kappa shape index (κ1) is 15.6. The number of oxazole rings is 1. The summed E-state index contributed by atoms with van der Waals surface area (Å²) in [6.45, 7) is 1.87. The zero-order valence-corrected chi connectivity index (χ0v) is 14.7. The van der Waals surface area contributed by atoms with Crippen LogP contribution in [0.15, 0.2) is 50.3 Å². The highest BCUT2D eigenvalue weighted by Crippen LogP contribution is 2.22. The third-order valence-corrected chi connectivity index (χ3v) is 4.47. The second kappa shape index (κ2) is 5.89. The molecule has 0 aliphatic heterocycles. The number of aromatic nitrogens is 3. The Kier molecular flexibility index (Phi) is 3.69. The third kappa shape index (κ3) is 2.85. The number of fused-ring (bicyclic) bond motifs is 2. The van der Waals surface area contributed by atoms with Crippen molar-refractivity contribution in [1.29, 1.82) is 0 Å². The van der Waals surface area contributed by atoms with Gasteiger partial charge in [-0.2, -0.15) is 0 Å². The van der Waals surface area contributed by atoms with Gasteiger partial charge in [0.2, 0.25) is 0 Å². The topological polar surface area (TPSA) is 104 Å². The van der Waals surface area contributed by atoms with Crippen LogP contribution in [0.1, 0.15) is 28.9 Å². The summed E-state index contributed by atoms with van der Waals surface area (Å²) in [5, 5.41) is 3.69. The largest absolute Gasteiger partial charge is 0.417 e. The zero-order valence-electron chi connectivity index (χ0n) is 13.1. The zero-order chi connectivity index (χ0) is 17.6. The van der Waals surface area contributed by atoms with Crippen LogP contribution in [-0.2, 0) is 0 Å². The second-order valence-electron chi connectivity index (χ2n) is 5.72. The minimum absolute atomic E-state index is 0.214. The number of nitrogens with one attached hydrogen (secondary N) is 3. The molecule has 0 spiro atoms. The molecule has 3 aromatic heterocycles. The Labute approximate surface area is 149 Å². The minimum atomic E-state index is -0.499. The molecule has 3 heterocycles. The number of pyridine rings is 1. The van der Waals surface area contributed by atoms with E-state index in [1.54, 1.807) is 24.5 Å². The molecule has 1 atom stereocenters. The normalized spacial score (nSPS) is 12.6. The number of carbonyl (C=O) groups is 1. The number of hydrogen-bond donors (Lipinski definition) is 3. The van der Waals surface area contributed by atoms with Crippen LogP contribution < -0.4 is 11.1 Å². The number of halogens is 1. The maximum absolute atomic E-state index is 12.6. The molecule has 4 aromatic rings. The van der Waals surface area contributed by atoms with Crippen molar-refractivity contribution in [3.8, 4) is 0 Å². The molecule has 4 rings (SSSR count). The van der Waals surface area contributed by atoms with E-state index in [-0.39, 0.29) is 11.9 Å². The predicted molar refractivity (Wildman–Crippen MR) is 96.5 cm³/mol. The van der Waals surface area contributed by atoms with Crippen molar-refractivity contribution in [3.63, 3.8) is 0 Å². The van der Waals surface area contributed by atoms with Crippen molar-refractivity contribution in [2.24, 2.45) is 0 Å². The van der Waals surface area contributed by atoms with Crippen molar-refractivity contribution in [2.75, 3.05) is 0 Å². The number of H-pyrrole nitrogens is 2. The molecule has 1 amide bonds. The summed E-state index contributed by atoms with van der Waals surface area (Å²) in [7, 11) is 0. The summed E-state index contributed by atoms with van der Waals surface area (Å²) >= 11 is 3.37. The van der Waals surface area contributed by atoms with Gasteiger partial charge in [-0.15, -0.1) is 0 Å². The van der Waals surface area contributed by atoms with E-state index in [0.29, 0.717) is 22.3 Å². The minimum Gasteiger partial charge on any atom is -0.408 e. The summed E-state index contributed by atoms with van der Waals surface area (Å²) in [4.78, 5) is 33.7. The van der Waals surface area contributed by atoms with Crippen LogP contribution in [-0.4, -0.2) is 20.9 Å². The summed E-state index contributed by atoms with van der Waals surface area (Å²) in [5.74, 6) is -0.713. The summed E-state index contributed by atoms with van der Waals surface area (Å²) < 4.78 is 5.87. The van der Waals surface area contributed by atoms with E-state index < -0.39 is 5.76 Å². The van der Waals surface area contributed by atoms with Crippen LogP contribution >= 0.6 is 15.9 Å². The van der Waals surface area contributed by atoms with Crippen LogP contribution in [0.25, 0.3) is 22.1 Å². The van der Waals surface area contributed by atoms with Crippen LogP contribution in [0.4, 0.5) is 0 Å². The Morgan fingerprint density at radius 3 is 3.04 bits per heavy atom. The molecule has 0 radical (unpaired) electrons. The van der Waals surface area contributed by atoms with Gasteiger partial charge in [-0.1, -0.05) is 6.07 Å². The molecule has 0 bridgehead atoms. The Morgan fingerprint density at radius 2 is 2.20 bits per heavy atom. The highest BCUT2D eigenvalue weighted by atomic mass is 79.9. The molecule has 0 aliphatic carbocycles. The Bertz CT molecular complexity index is 1160. The monoisotopic (exact) mass is 400 g/mol. The average molecular weight is 401 g/mol. The number of amides is 1. The van der Waals surface area contributed by atoms with Gasteiger partial charge in [0.15, 0.2) is 5.58 Å². The summed E-state index contributed by atoms with van der Waals surface area (Å²) in [6, 6.07) is 6.92. The van der Waals surface area contributed by atoms with Gasteiger partial charge in [-0.3, -0.25) is 9.78 Å². The van der Waals surface area contributed by atoms with Gasteiger partial charge in [-0.05, 0) is 46.6 Å². The molecule has 3 N–H and O–H groups in total. The van der Waals surface area contributed by atoms with Crippen molar-refractivity contribution < 1.29 is 9.21 Å².